The number of benzene rings is 2. The van der Waals surface area contributed by atoms with E-state index in [4.69, 9.17) is 9.47 Å². The first kappa shape index (κ1) is 15.9. The number of nitrogens with one attached hydrogen (secondary N) is 2. The van der Waals surface area contributed by atoms with Crippen molar-refractivity contribution in [3.8, 4) is 11.5 Å². The average molecular weight is 326 g/mol. The van der Waals surface area contributed by atoms with Gasteiger partial charge in [0.15, 0.2) is 6.10 Å². The van der Waals surface area contributed by atoms with Gasteiger partial charge in [0.05, 0.1) is 19.2 Å². The van der Waals surface area contributed by atoms with Crippen LogP contribution in [-0.2, 0) is 16.1 Å². The van der Waals surface area contributed by atoms with Crippen molar-refractivity contribution in [1.82, 2.24) is 5.32 Å². The SMILES string of the molecule is COc1ccc(CNC(=O)C[C@H]2Oc3ccccc3NC2=O)cc1. The van der Waals surface area contributed by atoms with Crippen molar-refractivity contribution in [2.75, 3.05) is 12.4 Å². The van der Waals surface area contributed by atoms with E-state index in [2.05, 4.69) is 10.6 Å². The molecule has 2 aromatic carbocycles. The van der Waals surface area contributed by atoms with Crippen LogP contribution in [0.25, 0.3) is 0 Å². The van der Waals surface area contributed by atoms with E-state index in [0.29, 0.717) is 18.0 Å². The number of rotatable bonds is 5. The van der Waals surface area contributed by atoms with Crippen LogP contribution in [0.4, 0.5) is 5.69 Å². The number of hydrogen-bond acceptors (Lipinski definition) is 4. The van der Waals surface area contributed by atoms with Crippen molar-refractivity contribution in [2.45, 2.75) is 19.1 Å². The molecule has 124 valence electrons. The summed E-state index contributed by atoms with van der Waals surface area (Å²) in [6, 6.07) is 14.6. The summed E-state index contributed by atoms with van der Waals surface area (Å²) in [5.74, 6) is 0.778. The molecule has 0 saturated carbocycles. The lowest BCUT2D eigenvalue weighted by Gasteiger charge is -2.25. The maximum absolute atomic E-state index is 12.1. The minimum atomic E-state index is -0.823. The Morgan fingerprint density at radius 2 is 1.96 bits per heavy atom. The van der Waals surface area contributed by atoms with Gasteiger partial charge in [-0.2, -0.15) is 0 Å². The number of fused-ring (bicyclic) bond motifs is 1. The van der Waals surface area contributed by atoms with Crippen LogP contribution in [0.1, 0.15) is 12.0 Å². The number of para-hydroxylation sites is 2. The van der Waals surface area contributed by atoms with Crippen LogP contribution in [0.2, 0.25) is 0 Å². The fourth-order valence-corrected chi connectivity index (χ4v) is 2.41. The summed E-state index contributed by atoms with van der Waals surface area (Å²) in [6.45, 7) is 0.383. The molecule has 2 aromatic rings. The van der Waals surface area contributed by atoms with Crippen LogP contribution >= 0.6 is 0 Å². The highest BCUT2D eigenvalue weighted by Gasteiger charge is 2.29. The molecule has 6 nitrogen and oxygen atoms in total. The number of carbonyl (C=O) groups excluding carboxylic acids is 2. The first-order chi connectivity index (χ1) is 11.7. The molecule has 0 fully saturated rings. The Morgan fingerprint density at radius 3 is 2.71 bits per heavy atom. The first-order valence-corrected chi connectivity index (χ1v) is 7.62. The molecule has 0 aliphatic carbocycles. The van der Waals surface area contributed by atoms with Gasteiger partial charge in [-0.05, 0) is 29.8 Å². The second-order valence-electron chi connectivity index (χ2n) is 5.42. The van der Waals surface area contributed by atoms with E-state index >= 15 is 0 Å². The zero-order valence-electron chi connectivity index (χ0n) is 13.2. The molecule has 0 spiro atoms. The van der Waals surface area contributed by atoms with Crippen molar-refractivity contribution in [1.29, 1.82) is 0 Å². The minimum absolute atomic E-state index is 0.0314. The number of carbonyl (C=O) groups is 2. The molecule has 24 heavy (non-hydrogen) atoms. The lowest BCUT2D eigenvalue weighted by atomic mass is 10.1. The van der Waals surface area contributed by atoms with Gasteiger partial charge in [0.25, 0.3) is 5.91 Å². The Kier molecular flexibility index (Phi) is 4.65. The fourth-order valence-electron chi connectivity index (χ4n) is 2.41. The maximum Gasteiger partial charge on any atom is 0.266 e. The zero-order chi connectivity index (χ0) is 16.9. The first-order valence-electron chi connectivity index (χ1n) is 7.62. The number of anilines is 1. The number of ether oxygens (including phenoxy) is 2. The smallest absolute Gasteiger partial charge is 0.266 e. The van der Waals surface area contributed by atoms with E-state index < -0.39 is 6.10 Å². The molecule has 0 bridgehead atoms. The topological polar surface area (TPSA) is 76.7 Å². The monoisotopic (exact) mass is 326 g/mol. The van der Waals surface area contributed by atoms with E-state index in [1.165, 1.54) is 0 Å². The van der Waals surface area contributed by atoms with E-state index in [0.717, 1.165) is 11.3 Å². The van der Waals surface area contributed by atoms with E-state index in [9.17, 15) is 9.59 Å². The van der Waals surface area contributed by atoms with Gasteiger partial charge in [-0.3, -0.25) is 9.59 Å². The molecule has 1 heterocycles. The third kappa shape index (κ3) is 3.65. The average Bonchev–Trinajstić information content (AvgIpc) is 2.61. The normalized spacial score (nSPS) is 15.7. The van der Waals surface area contributed by atoms with Gasteiger partial charge in [0.2, 0.25) is 5.91 Å². The van der Waals surface area contributed by atoms with Crippen LogP contribution < -0.4 is 20.1 Å². The molecule has 2 amide bonds. The second-order valence-corrected chi connectivity index (χ2v) is 5.42. The second kappa shape index (κ2) is 7.04. The molecule has 1 aliphatic rings. The van der Waals surface area contributed by atoms with Crippen molar-refractivity contribution < 1.29 is 19.1 Å². The Bertz CT molecular complexity index is 743. The number of amides is 2. The Balaban J connectivity index is 1.54. The molecule has 0 radical (unpaired) electrons. The summed E-state index contributed by atoms with van der Waals surface area (Å²) >= 11 is 0. The van der Waals surface area contributed by atoms with E-state index in [1.54, 1.807) is 19.2 Å². The van der Waals surface area contributed by atoms with Gasteiger partial charge in [-0.15, -0.1) is 0 Å². The Labute approximate surface area is 139 Å². The highest BCUT2D eigenvalue weighted by atomic mass is 16.5. The molecule has 0 saturated heterocycles. The summed E-state index contributed by atoms with van der Waals surface area (Å²) in [7, 11) is 1.60. The van der Waals surface area contributed by atoms with E-state index in [1.807, 2.05) is 36.4 Å². The van der Waals surface area contributed by atoms with Gasteiger partial charge in [0, 0.05) is 6.54 Å². The third-order valence-corrected chi connectivity index (χ3v) is 3.73. The number of hydrogen-bond donors (Lipinski definition) is 2. The van der Waals surface area contributed by atoms with Crippen molar-refractivity contribution in [2.24, 2.45) is 0 Å². The van der Waals surface area contributed by atoms with Crippen molar-refractivity contribution in [3.63, 3.8) is 0 Å². The highest BCUT2D eigenvalue weighted by Crippen LogP contribution is 2.29. The van der Waals surface area contributed by atoms with Crippen LogP contribution in [0.5, 0.6) is 11.5 Å². The predicted molar refractivity (Wildman–Crippen MR) is 88.9 cm³/mol. The third-order valence-electron chi connectivity index (χ3n) is 3.73. The fraction of sp³-hybridized carbons (Fsp3) is 0.222. The lowest BCUT2D eigenvalue weighted by molar-refractivity contribution is -0.130. The summed E-state index contributed by atoms with van der Waals surface area (Å²) in [4.78, 5) is 24.1. The quantitative estimate of drug-likeness (QED) is 0.882. The minimum Gasteiger partial charge on any atom is -0.497 e. The van der Waals surface area contributed by atoms with Crippen LogP contribution in [-0.4, -0.2) is 25.0 Å². The van der Waals surface area contributed by atoms with Crippen molar-refractivity contribution >= 4 is 17.5 Å². The lowest BCUT2D eigenvalue weighted by Crippen LogP contribution is -2.40. The van der Waals surface area contributed by atoms with Gasteiger partial charge in [0.1, 0.15) is 11.5 Å². The molecule has 0 aromatic heterocycles. The molecule has 0 unspecified atom stereocenters. The van der Waals surface area contributed by atoms with Crippen LogP contribution in [0.15, 0.2) is 48.5 Å². The van der Waals surface area contributed by atoms with Crippen LogP contribution in [0.3, 0.4) is 0 Å². The molecular formula is C18H18N2O4. The van der Waals surface area contributed by atoms with Gasteiger partial charge < -0.3 is 20.1 Å². The zero-order valence-corrected chi connectivity index (χ0v) is 13.2. The maximum atomic E-state index is 12.1. The van der Waals surface area contributed by atoms with Gasteiger partial charge in [-0.1, -0.05) is 24.3 Å². The highest BCUT2D eigenvalue weighted by molar-refractivity contribution is 5.99. The van der Waals surface area contributed by atoms with Crippen LogP contribution in [0, 0.1) is 0 Å². The molecule has 6 heteroatoms. The number of methoxy groups -OCH3 is 1. The largest absolute Gasteiger partial charge is 0.497 e. The van der Waals surface area contributed by atoms with Gasteiger partial charge >= 0.3 is 0 Å². The van der Waals surface area contributed by atoms with Gasteiger partial charge in [-0.25, -0.2) is 0 Å². The van der Waals surface area contributed by atoms with E-state index in [-0.39, 0.29) is 18.2 Å². The molecule has 3 rings (SSSR count). The molecular weight excluding hydrogens is 308 g/mol. The molecule has 1 atom stereocenters. The Morgan fingerprint density at radius 1 is 1.21 bits per heavy atom. The molecule has 1 aliphatic heterocycles. The molecule has 2 N–H and O–H groups in total. The predicted octanol–water partition coefficient (Wildman–Crippen LogP) is 2.10. The summed E-state index contributed by atoms with van der Waals surface area (Å²) in [6.07, 6.45) is -0.855. The Hall–Kier alpha value is -3.02. The summed E-state index contributed by atoms with van der Waals surface area (Å²) in [5, 5.41) is 5.53. The summed E-state index contributed by atoms with van der Waals surface area (Å²) in [5.41, 5.74) is 1.57. The van der Waals surface area contributed by atoms with Crippen molar-refractivity contribution in [3.05, 3.63) is 54.1 Å². The summed E-state index contributed by atoms with van der Waals surface area (Å²) < 4.78 is 10.7. The standard InChI is InChI=1S/C18H18N2O4/c1-23-13-8-6-12(7-9-13)11-19-17(21)10-16-18(22)20-14-4-2-3-5-15(14)24-16/h2-9,16H,10-11H2,1H3,(H,19,21)(H,20,22)/t16-/m1/s1.